The van der Waals surface area contributed by atoms with E-state index in [0.717, 1.165) is 35.5 Å². The van der Waals surface area contributed by atoms with Gasteiger partial charge in [-0.2, -0.15) is 0 Å². The zero-order valence-corrected chi connectivity index (χ0v) is 15.6. The molecule has 3 aromatic rings. The third-order valence-electron chi connectivity index (χ3n) is 4.63. The fraction of sp³-hybridized carbons (Fsp3) is 0.300. The number of amides is 1. The largest absolute Gasteiger partial charge is 0.494 e. The van der Waals surface area contributed by atoms with Gasteiger partial charge in [-0.15, -0.1) is 0 Å². The molecule has 1 unspecified atom stereocenters. The van der Waals surface area contributed by atoms with Gasteiger partial charge in [0.2, 0.25) is 0 Å². The monoisotopic (exact) mass is 368 g/mol. The van der Waals surface area contributed by atoms with Gasteiger partial charge in [-0.05, 0) is 30.7 Å². The molecule has 0 fully saturated rings. The van der Waals surface area contributed by atoms with Crippen molar-refractivity contribution in [2.45, 2.75) is 19.9 Å². The lowest BCUT2D eigenvalue weighted by Crippen LogP contribution is -3.12. The van der Waals surface area contributed by atoms with Crippen LogP contribution >= 0.6 is 11.3 Å². The van der Waals surface area contributed by atoms with Crippen LogP contribution in [0.1, 0.15) is 18.1 Å². The quantitative estimate of drug-likeness (QED) is 0.726. The van der Waals surface area contributed by atoms with E-state index in [-0.39, 0.29) is 5.91 Å². The Labute approximate surface area is 156 Å². The predicted octanol–water partition coefficient (Wildman–Crippen LogP) is 2.27. The minimum atomic E-state index is 0.0171. The zero-order valence-electron chi connectivity index (χ0n) is 14.7. The molecule has 0 spiro atoms. The van der Waals surface area contributed by atoms with E-state index in [1.807, 2.05) is 25.1 Å². The maximum absolute atomic E-state index is 12.4. The first-order valence-corrected chi connectivity index (χ1v) is 9.76. The van der Waals surface area contributed by atoms with Crippen molar-refractivity contribution in [3.05, 3.63) is 53.6 Å². The minimum absolute atomic E-state index is 0.0171. The predicted molar refractivity (Wildman–Crippen MR) is 104 cm³/mol. The first-order chi connectivity index (χ1) is 12.7. The van der Waals surface area contributed by atoms with E-state index in [4.69, 9.17) is 4.74 Å². The van der Waals surface area contributed by atoms with E-state index in [1.165, 1.54) is 27.4 Å². The topological polar surface area (TPSA) is 55.7 Å². The van der Waals surface area contributed by atoms with Crippen LogP contribution in [-0.4, -0.2) is 30.6 Å². The summed E-state index contributed by atoms with van der Waals surface area (Å²) in [4.78, 5) is 18.2. The van der Waals surface area contributed by atoms with Gasteiger partial charge in [0, 0.05) is 12.0 Å². The number of carbonyl (C=O) groups is 1. The molecular weight excluding hydrogens is 346 g/mol. The van der Waals surface area contributed by atoms with Crippen LogP contribution in [-0.2, 0) is 17.8 Å². The van der Waals surface area contributed by atoms with Crippen molar-refractivity contribution in [2.24, 2.45) is 0 Å². The van der Waals surface area contributed by atoms with Crippen LogP contribution in [0.25, 0.3) is 10.2 Å². The molecular formula is C20H22N3O2S+. The average Bonchev–Trinajstić information content (AvgIpc) is 3.03. The third-order valence-corrected chi connectivity index (χ3v) is 5.57. The van der Waals surface area contributed by atoms with Crippen LogP contribution in [0.5, 0.6) is 5.75 Å². The van der Waals surface area contributed by atoms with Crippen molar-refractivity contribution in [3.8, 4) is 5.75 Å². The summed E-state index contributed by atoms with van der Waals surface area (Å²) < 4.78 is 6.54. The number of hydrogen-bond donors (Lipinski definition) is 2. The van der Waals surface area contributed by atoms with Gasteiger partial charge >= 0.3 is 0 Å². The third kappa shape index (κ3) is 3.71. The molecule has 2 N–H and O–H groups in total. The molecule has 0 bridgehead atoms. The summed E-state index contributed by atoms with van der Waals surface area (Å²) in [6, 6.07) is 14.3. The molecule has 0 radical (unpaired) electrons. The van der Waals surface area contributed by atoms with Crippen LogP contribution in [0.3, 0.4) is 0 Å². The highest BCUT2D eigenvalue weighted by atomic mass is 32.1. The highest BCUT2D eigenvalue weighted by Crippen LogP contribution is 2.29. The van der Waals surface area contributed by atoms with Gasteiger partial charge < -0.3 is 9.64 Å². The number of quaternary nitrogens is 1. The van der Waals surface area contributed by atoms with Crippen LogP contribution in [0.2, 0.25) is 0 Å². The standard InChI is InChI=1S/C20H21N3O2S/c1-2-25-16-7-8-17-18(11-16)26-20(21-17)22-19(24)13-23-10-9-14-5-3-4-6-15(14)12-23/h3-8,11H,2,9-10,12-13H2,1H3,(H,21,22,24)/p+1. The normalized spacial score (nSPS) is 16.3. The molecule has 1 aliphatic heterocycles. The van der Waals surface area contributed by atoms with Crippen LogP contribution in [0, 0.1) is 0 Å². The van der Waals surface area contributed by atoms with E-state index in [2.05, 4.69) is 34.6 Å². The molecule has 5 nitrogen and oxygen atoms in total. The molecule has 0 aliphatic carbocycles. The van der Waals surface area contributed by atoms with Crippen LogP contribution < -0.4 is 15.0 Å². The summed E-state index contributed by atoms with van der Waals surface area (Å²) in [6.07, 6.45) is 1.03. The smallest absolute Gasteiger partial charge is 0.281 e. The molecule has 1 atom stereocenters. The SMILES string of the molecule is CCOc1ccc2nc(NC(=O)C[NH+]3CCc4ccccc4C3)sc2c1. The van der Waals surface area contributed by atoms with Crippen molar-refractivity contribution in [1.82, 2.24) is 4.98 Å². The van der Waals surface area contributed by atoms with E-state index < -0.39 is 0 Å². The van der Waals surface area contributed by atoms with Gasteiger partial charge in [0.05, 0.1) is 23.4 Å². The Morgan fingerprint density at radius 2 is 2.12 bits per heavy atom. The number of aromatic nitrogens is 1. The molecule has 2 heterocycles. The maximum Gasteiger partial charge on any atom is 0.281 e. The Morgan fingerprint density at radius 3 is 2.96 bits per heavy atom. The number of nitrogens with zero attached hydrogens (tertiary/aromatic N) is 1. The van der Waals surface area contributed by atoms with Gasteiger partial charge in [0.25, 0.3) is 5.91 Å². The van der Waals surface area contributed by atoms with E-state index in [0.29, 0.717) is 18.3 Å². The second-order valence-corrected chi connectivity index (χ2v) is 7.53. The molecule has 2 aromatic carbocycles. The Bertz CT molecular complexity index is 938. The highest BCUT2D eigenvalue weighted by Gasteiger charge is 2.21. The number of anilines is 1. The summed E-state index contributed by atoms with van der Waals surface area (Å²) in [5.41, 5.74) is 3.64. The summed E-state index contributed by atoms with van der Waals surface area (Å²) in [7, 11) is 0. The summed E-state index contributed by atoms with van der Waals surface area (Å²) >= 11 is 1.48. The molecule has 0 saturated heterocycles. The van der Waals surface area contributed by atoms with Gasteiger partial charge in [-0.25, -0.2) is 4.98 Å². The fourth-order valence-electron chi connectivity index (χ4n) is 3.40. The minimum Gasteiger partial charge on any atom is -0.494 e. The van der Waals surface area contributed by atoms with Gasteiger partial charge in [-0.1, -0.05) is 35.6 Å². The van der Waals surface area contributed by atoms with Crippen LogP contribution in [0.4, 0.5) is 5.13 Å². The van der Waals surface area contributed by atoms with Gasteiger partial charge in [-0.3, -0.25) is 10.1 Å². The number of ether oxygens (including phenoxy) is 1. The van der Waals surface area contributed by atoms with Crippen molar-refractivity contribution in [2.75, 3.05) is 25.0 Å². The Hall–Kier alpha value is -2.44. The van der Waals surface area contributed by atoms with E-state index in [9.17, 15) is 4.79 Å². The zero-order chi connectivity index (χ0) is 17.9. The molecule has 1 aromatic heterocycles. The number of benzene rings is 2. The van der Waals surface area contributed by atoms with Gasteiger partial charge in [0.15, 0.2) is 11.7 Å². The number of nitrogens with one attached hydrogen (secondary N) is 2. The maximum atomic E-state index is 12.4. The van der Waals surface area contributed by atoms with Crippen LogP contribution in [0.15, 0.2) is 42.5 Å². The lowest BCUT2D eigenvalue weighted by molar-refractivity contribution is -0.907. The molecule has 1 amide bonds. The number of rotatable bonds is 5. The van der Waals surface area contributed by atoms with E-state index >= 15 is 0 Å². The summed E-state index contributed by atoms with van der Waals surface area (Å²) in [6.45, 7) is 4.96. The molecule has 6 heteroatoms. The Morgan fingerprint density at radius 1 is 1.27 bits per heavy atom. The second kappa shape index (κ2) is 7.43. The molecule has 4 rings (SSSR count). The van der Waals surface area contributed by atoms with E-state index in [1.54, 1.807) is 0 Å². The van der Waals surface area contributed by atoms with Crippen molar-refractivity contribution in [3.63, 3.8) is 0 Å². The number of fused-ring (bicyclic) bond motifs is 2. The first-order valence-electron chi connectivity index (χ1n) is 8.95. The van der Waals surface area contributed by atoms with Gasteiger partial charge in [0.1, 0.15) is 12.3 Å². The molecule has 0 saturated carbocycles. The van der Waals surface area contributed by atoms with Crippen molar-refractivity contribution >= 4 is 32.6 Å². The van der Waals surface area contributed by atoms with Crippen molar-refractivity contribution in [1.29, 1.82) is 0 Å². The average molecular weight is 368 g/mol. The first kappa shape index (κ1) is 17.0. The number of hydrogen-bond acceptors (Lipinski definition) is 4. The number of carbonyl (C=O) groups excluding carboxylic acids is 1. The Balaban J connectivity index is 1.40. The fourth-order valence-corrected chi connectivity index (χ4v) is 4.31. The lowest BCUT2D eigenvalue weighted by Gasteiger charge is -2.25. The number of thiazole rings is 1. The van der Waals surface area contributed by atoms with Crippen molar-refractivity contribution < 1.29 is 14.4 Å². The lowest BCUT2D eigenvalue weighted by atomic mass is 10.00. The highest BCUT2D eigenvalue weighted by molar-refractivity contribution is 7.22. The molecule has 26 heavy (non-hydrogen) atoms. The summed E-state index contributed by atoms with van der Waals surface area (Å²) in [5, 5.41) is 3.61. The summed E-state index contributed by atoms with van der Waals surface area (Å²) in [5.74, 6) is 0.849. The second-order valence-electron chi connectivity index (χ2n) is 6.50. The molecule has 134 valence electrons. The molecule has 1 aliphatic rings. The Kier molecular flexibility index (Phi) is 4.86.